The number of aryl methyl sites for hydroxylation is 1. The van der Waals surface area contributed by atoms with Gasteiger partial charge in [0, 0.05) is 25.4 Å². The Kier molecular flexibility index (Phi) is 4.71. The van der Waals surface area contributed by atoms with Crippen LogP contribution in [0.3, 0.4) is 0 Å². The van der Waals surface area contributed by atoms with E-state index in [0.717, 1.165) is 18.4 Å². The molecule has 1 aliphatic carbocycles. The third kappa shape index (κ3) is 4.05. The van der Waals surface area contributed by atoms with Crippen LogP contribution in [0.2, 0.25) is 0 Å². The second-order valence-corrected chi connectivity index (χ2v) is 6.91. The van der Waals surface area contributed by atoms with Crippen molar-refractivity contribution in [3.05, 3.63) is 76.1 Å². The molecule has 1 saturated carbocycles. The van der Waals surface area contributed by atoms with Gasteiger partial charge in [-0.2, -0.15) is 0 Å². The van der Waals surface area contributed by atoms with Crippen LogP contribution in [-0.2, 0) is 17.8 Å². The number of aromatic nitrogens is 2. The summed E-state index contributed by atoms with van der Waals surface area (Å²) in [5.41, 5.74) is 1.22. The molecule has 1 N–H and O–H groups in total. The lowest BCUT2D eigenvalue weighted by Crippen LogP contribution is -2.33. The van der Waals surface area contributed by atoms with Gasteiger partial charge >= 0.3 is 0 Å². The highest BCUT2D eigenvalue weighted by Crippen LogP contribution is 2.29. The van der Waals surface area contributed by atoms with Gasteiger partial charge in [0.25, 0.3) is 5.56 Å². The summed E-state index contributed by atoms with van der Waals surface area (Å²) in [6.45, 7) is 0.406. The quantitative estimate of drug-likeness (QED) is 0.730. The fraction of sp³-hybridized carbons (Fsp3) is 0.286. The van der Waals surface area contributed by atoms with Crippen LogP contribution in [-0.4, -0.2) is 26.8 Å². The minimum Gasteiger partial charge on any atom is -0.335 e. The largest absolute Gasteiger partial charge is 0.335 e. The Hall–Kier alpha value is -3.02. The van der Waals surface area contributed by atoms with E-state index in [9.17, 15) is 14.0 Å². The predicted molar refractivity (Wildman–Crippen MR) is 101 cm³/mol. The fourth-order valence-electron chi connectivity index (χ4n) is 3.26. The van der Waals surface area contributed by atoms with Crippen molar-refractivity contribution in [3.63, 3.8) is 0 Å². The van der Waals surface area contributed by atoms with Gasteiger partial charge in [-0.05, 0) is 42.7 Å². The maximum absolute atomic E-state index is 13.4. The number of rotatable bonds is 6. The molecule has 1 aliphatic rings. The van der Waals surface area contributed by atoms with Crippen molar-refractivity contribution in [1.82, 2.24) is 14.9 Å². The summed E-state index contributed by atoms with van der Waals surface area (Å²) in [6, 6.07) is 13.7. The van der Waals surface area contributed by atoms with Crippen molar-refractivity contribution in [1.29, 1.82) is 0 Å². The molecule has 0 bridgehead atoms. The van der Waals surface area contributed by atoms with E-state index in [2.05, 4.69) is 9.97 Å². The minimum absolute atomic E-state index is 0.00225. The number of fused-ring (bicyclic) bond motifs is 1. The first kappa shape index (κ1) is 17.4. The van der Waals surface area contributed by atoms with Crippen molar-refractivity contribution in [2.45, 2.75) is 38.3 Å². The van der Waals surface area contributed by atoms with Crippen molar-refractivity contribution < 1.29 is 9.18 Å². The Balaban J connectivity index is 1.46. The summed E-state index contributed by atoms with van der Waals surface area (Å²) >= 11 is 0. The summed E-state index contributed by atoms with van der Waals surface area (Å²) in [5.74, 6) is 0.208. The zero-order valence-corrected chi connectivity index (χ0v) is 14.8. The van der Waals surface area contributed by atoms with E-state index in [1.54, 1.807) is 24.3 Å². The van der Waals surface area contributed by atoms with Gasteiger partial charge < -0.3 is 9.88 Å². The number of nitrogens with one attached hydrogen (secondary N) is 1. The number of aromatic amines is 1. The lowest BCUT2D eigenvalue weighted by atomic mass is 10.1. The topological polar surface area (TPSA) is 66.1 Å². The Morgan fingerprint density at radius 2 is 2.00 bits per heavy atom. The van der Waals surface area contributed by atoms with Gasteiger partial charge in [-0.25, -0.2) is 9.37 Å². The van der Waals surface area contributed by atoms with Crippen LogP contribution >= 0.6 is 0 Å². The van der Waals surface area contributed by atoms with Crippen molar-refractivity contribution >= 4 is 16.8 Å². The van der Waals surface area contributed by atoms with E-state index in [1.165, 1.54) is 12.1 Å². The van der Waals surface area contributed by atoms with Gasteiger partial charge in [0.15, 0.2) is 0 Å². The van der Waals surface area contributed by atoms with Crippen LogP contribution in [0, 0.1) is 5.82 Å². The Morgan fingerprint density at radius 3 is 2.78 bits per heavy atom. The van der Waals surface area contributed by atoms with E-state index < -0.39 is 0 Å². The van der Waals surface area contributed by atoms with Crippen molar-refractivity contribution in [3.8, 4) is 0 Å². The molecule has 5 nitrogen and oxygen atoms in total. The molecule has 1 amide bonds. The average molecular weight is 365 g/mol. The molecule has 0 unspecified atom stereocenters. The van der Waals surface area contributed by atoms with E-state index in [1.807, 2.05) is 17.0 Å². The number of para-hydroxylation sites is 1. The standard InChI is InChI=1S/C21H20FN3O2/c22-15-5-3-4-14(12-15)13-25(16-8-9-16)20(26)11-10-19-23-18-7-2-1-6-17(18)21(27)24-19/h1-7,12,16H,8-11,13H2,(H,23,24,27). The monoisotopic (exact) mass is 365 g/mol. The number of halogens is 1. The third-order valence-electron chi connectivity index (χ3n) is 4.79. The van der Waals surface area contributed by atoms with Gasteiger partial charge in [0.1, 0.15) is 11.6 Å². The number of carbonyl (C=O) groups excluding carboxylic acids is 1. The molecule has 1 fully saturated rings. The molecule has 3 aromatic rings. The predicted octanol–water partition coefficient (Wildman–Crippen LogP) is 3.19. The lowest BCUT2D eigenvalue weighted by Gasteiger charge is -2.22. The van der Waals surface area contributed by atoms with Crippen molar-refractivity contribution in [2.75, 3.05) is 0 Å². The molecule has 0 spiro atoms. The van der Waals surface area contributed by atoms with Crippen LogP contribution in [0.4, 0.5) is 4.39 Å². The zero-order valence-electron chi connectivity index (χ0n) is 14.8. The number of nitrogens with zero attached hydrogens (tertiary/aromatic N) is 2. The van der Waals surface area contributed by atoms with Crippen LogP contribution in [0.5, 0.6) is 0 Å². The molecule has 0 aliphatic heterocycles. The molecule has 1 aromatic heterocycles. The van der Waals surface area contributed by atoms with Gasteiger partial charge in [-0.15, -0.1) is 0 Å². The zero-order chi connectivity index (χ0) is 18.8. The highest BCUT2D eigenvalue weighted by Gasteiger charge is 2.32. The number of carbonyl (C=O) groups is 1. The lowest BCUT2D eigenvalue weighted by molar-refractivity contribution is -0.132. The van der Waals surface area contributed by atoms with E-state index in [4.69, 9.17) is 0 Å². The molecule has 6 heteroatoms. The van der Waals surface area contributed by atoms with Gasteiger partial charge in [-0.3, -0.25) is 9.59 Å². The Bertz CT molecular complexity index is 1040. The normalized spacial score (nSPS) is 13.7. The van der Waals surface area contributed by atoms with Crippen LogP contribution < -0.4 is 5.56 Å². The van der Waals surface area contributed by atoms with E-state index in [-0.39, 0.29) is 29.7 Å². The van der Waals surface area contributed by atoms with Gasteiger partial charge in [0.2, 0.25) is 5.91 Å². The summed E-state index contributed by atoms with van der Waals surface area (Å²) in [4.78, 5) is 33.9. The molecule has 27 heavy (non-hydrogen) atoms. The highest BCUT2D eigenvalue weighted by atomic mass is 19.1. The summed E-state index contributed by atoms with van der Waals surface area (Å²) < 4.78 is 13.4. The average Bonchev–Trinajstić information content (AvgIpc) is 3.49. The molecule has 0 atom stereocenters. The Morgan fingerprint density at radius 1 is 1.19 bits per heavy atom. The molecular weight excluding hydrogens is 345 g/mol. The van der Waals surface area contributed by atoms with Crippen LogP contribution in [0.15, 0.2) is 53.3 Å². The van der Waals surface area contributed by atoms with Crippen molar-refractivity contribution in [2.24, 2.45) is 0 Å². The first-order valence-electron chi connectivity index (χ1n) is 9.12. The van der Waals surface area contributed by atoms with E-state index >= 15 is 0 Å². The number of benzene rings is 2. The molecule has 1 heterocycles. The number of H-pyrrole nitrogens is 1. The van der Waals surface area contributed by atoms with Gasteiger partial charge in [-0.1, -0.05) is 24.3 Å². The SMILES string of the molecule is O=C(CCc1nc2ccccc2c(=O)[nH]1)N(Cc1cccc(F)c1)C1CC1. The third-order valence-corrected chi connectivity index (χ3v) is 4.79. The summed E-state index contributed by atoms with van der Waals surface area (Å²) in [6.07, 6.45) is 2.58. The number of amides is 1. The van der Waals surface area contributed by atoms with Crippen LogP contribution in [0.25, 0.3) is 10.9 Å². The molecule has 4 rings (SSSR count). The molecular formula is C21H20FN3O2. The second kappa shape index (κ2) is 7.31. The maximum atomic E-state index is 13.4. The smallest absolute Gasteiger partial charge is 0.258 e. The number of hydrogen-bond acceptors (Lipinski definition) is 3. The summed E-state index contributed by atoms with van der Waals surface area (Å²) in [5, 5.41) is 0.540. The Labute approximate surface area is 155 Å². The maximum Gasteiger partial charge on any atom is 0.258 e. The minimum atomic E-state index is -0.298. The summed E-state index contributed by atoms with van der Waals surface area (Å²) in [7, 11) is 0. The fourth-order valence-corrected chi connectivity index (χ4v) is 3.26. The van der Waals surface area contributed by atoms with Crippen LogP contribution in [0.1, 0.15) is 30.7 Å². The highest BCUT2D eigenvalue weighted by molar-refractivity contribution is 5.78. The van der Waals surface area contributed by atoms with E-state index in [0.29, 0.717) is 29.7 Å². The first-order chi connectivity index (χ1) is 13.1. The van der Waals surface area contributed by atoms with Gasteiger partial charge in [0.05, 0.1) is 10.9 Å². The molecule has 0 radical (unpaired) electrons. The molecule has 2 aromatic carbocycles. The second-order valence-electron chi connectivity index (χ2n) is 6.91. The molecule has 138 valence electrons. The number of hydrogen-bond donors (Lipinski definition) is 1. The first-order valence-corrected chi connectivity index (χ1v) is 9.12. The molecule has 0 saturated heterocycles.